The molecule has 1 unspecified atom stereocenters. The van der Waals surface area contributed by atoms with E-state index in [2.05, 4.69) is 13.0 Å². The molecule has 2 heterocycles. The Morgan fingerprint density at radius 3 is 2.50 bits per heavy atom. The van der Waals surface area contributed by atoms with Crippen molar-refractivity contribution in [2.45, 2.75) is 45.1 Å². The van der Waals surface area contributed by atoms with Gasteiger partial charge in [0.05, 0.1) is 5.41 Å². The van der Waals surface area contributed by atoms with Crippen molar-refractivity contribution in [1.82, 2.24) is 4.90 Å². The van der Waals surface area contributed by atoms with Crippen LogP contribution in [-0.4, -0.2) is 29.9 Å². The molecule has 0 bridgehead atoms. The molecule has 1 atom stereocenters. The molecule has 1 fully saturated rings. The first-order valence-electron chi connectivity index (χ1n) is 7.02. The third-order valence-electron chi connectivity index (χ3n) is 4.24. The van der Waals surface area contributed by atoms with Crippen molar-refractivity contribution in [2.75, 3.05) is 13.1 Å². The van der Waals surface area contributed by atoms with Gasteiger partial charge in [-0.05, 0) is 51.0 Å². The lowest BCUT2D eigenvalue weighted by molar-refractivity contribution is -0.137. The zero-order valence-electron chi connectivity index (χ0n) is 12.5. The lowest BCUT2D eigenvalue weighted by Crippen LogP contribution is -2.48. The average molecular weight is 317 g/mol. The number of piperidine rings is 1. The van der Waals surface area contributed by atoms with Crippen LogP contribution in [0.4, 0.5) is 0 Å². The topological polar surface area (TPSA) is 46.3 Å². The van der Waals surface area contributed by atoms with Crippen molar-refractivity contribution in [3.63, 3.8) is 0 Å². The van der Waals surface area contributed by atoms with Crippen molar-refractivity contribution < 1.29 is 4.79 Å². The maximum atomic E-state index is 12.7. The molecule has 2 rings (SSSR count). The van der Waals surface area contributed by atoms with Crippen LogP contribution in [0.1, 0.15) is 38.5 Å². The highest BCUT2D eigenvalue weighted by Gasteiger charge is 2.36. The van der Waals surface area contributed by atoms with E-state index in [1.807, 2.05) is 30.2 Å². The summed E-state index contributed by atoms with van der Waals surface area (Å²) in [4.78, 5) is 15.9. The van der Waals surface area contributed by atoms with Crippen LogP contribution in [0, 0.1) is 5.92 Å². The summed E-state index contributed by atoms with van der Waals surface area (Å²) in [5.74, 6) is 0.812. The number of carbonyl (C=O) groups is 1. The van der Waals surface area contributed by atoms with Crippen LogP contribution in [0.2, 0.25) is 0 Å². The first-order chi connectivity index (χ1) is 8.93. The van der Waals surface area contributed by atoms with Gasteiger partial charge < -0.3 is 10.6 Å². The van der Waals surface area contributed by atoms with Crippen molar-refractivity contribution in [3.05, 3.63) is 22.4 Å². The van der Waals surface area contributed by atoms with Crippen molar-refractivity contribution in [3.8, 4) is 0 Å². The van der Waals surface area contributed by atoms with E-state index in [4.69, 9.17) is 5.73 Å². The fourth-order valence-electron chi connectivity index (χ4n) is 2.76. The van der Waals surface area contributed by atoms with Crippen LogP contribution in [0.15, 0.2) is 17.5 Å². The predicted octanol–water partition coefficient (Wildman–Crippen LogP) is 3.03. The fraction of sp³-hybridized carbons (Fsp3) is 0.667. The van der Waals surface area contributed by atoms with Crippen LogP contribution >= 0.6 is 23.7 Å². The molecule has 0 radical (unpaired) electrons. The number of amides is 1. The number of thiophene rings is 1. The summed E-state index contributed by atoms with van der Waals surface area (Å²) in [6.07, 6.45) is 2.06. The molecule has 1 amide bonds. The molecule has 0 aliphatic carbocycles. The molecule has 1 aliphatic rings. The molecule has 0 aromatic carbocycles. The highest BCUT2D eigenvalue weighted by molar-refractivity contribution is 7.10. The third-order valence-corrected chi connectivity index (χ3v) is 5.44. The number of nitrogens with zero attached hydrogens (tertiary/aromatic N) is 1. The number of nitrogens with two attached hydrogens (primary N) is 1. The SMILES string of the molecule is CC(N)C1CCN(C(=O)C(C)(C)c2cccs2)CC1.Cl. The molecule has 5 heteroatoms. The second kappa shape index (κ2) is 6.92. The van der Waals surface area contributed by atoms with E-state index in [0.29, 0.717) is 5.92 Å². The number of likely N-dealkylation sites (tertiary alicyclic amines) is 1. The van der Waals surface area contributed by atoms with E-state index >= 15 is 0 Å². The van der Waals surface area contributed by atoms with Gasteiger partial charge in [0.2, 0.25) is 5.91 Å². The quantitative estimate of drug-likeness (QED) is 0.931. The minimum atomic E-state index is -0.407. The molecule has 0 saturated carbocycles. The number of rotatable bonds is 3. The lowest BCUT2D eigenvalue weighted by atomic mass is 9.86. The Morgan fingerprint density at radius 2 is 2.05 bits per heavy atom. The second-order valence-corrected chi connectivity index (χ2v) is 7.04. The molecule has 2 N–H and O–H groups in total. The second-order valence-electron chi connectivity index (χ2n) is 6.09. The van der Waals surface area contributed by atoms with Gasteiger partial charge in [0.15, 0.2) is 0 Å². The standard InChI is InChI=1S/C15H24N2OS.ClH/c1-11(16)12-6-8-17(9-7-12)14(18)15(2,3)13-5-4-10-19-13;/h4-5,10-12H,6-9,16H2,1-3H3;1H. The molecule has 0 spiro atoms. The Kier molecular flexibility index (Phi) is 6.05. The summed E-state index contributed by atoms with van der Waals surface area (Å²) in [5.41, 5.74) is 5.54. The third kappa shape index (κ3) is 3.54. The normalized spacial score (nSPS) is 18.5. The lowest BCUT2D eigenvalue weighted by Gasteiger charge is -2.37. The molecule has 20 heavy (non-hydrogen) atoms. The minimum Gasteiger partial charge on any atom is -0.342 e. The number of hydrogen-bond donors (Lipinski definition) is 1. The molecular weight excluding hydrogens is 292 g/mol. The van der Waals surface area contributed by atoms with Gasteiger partial charge in [0, 0.05) is 24.0 Å². The van der Waals surface area contributed by atoms with Crippen molar-refractivity contribution in [2.24, 2.45) is 11.7 Å². The Hall–Kier alpha value is -0.580. The number of halogens is 1. The highest BCUT2D eigenvalue weighted by atomic mass is 35.5. The van der Waals surface area contributed by atoms with Crippen LogP contribution in [0.5, 0.6) is 0 Å². The van der Waals surface area contributed by atoms with Crippen LogP contribution in [0.3, 0.4) is 0 Å². The zero-order chi connectivity index (χ0) is 14.0. The van der Waals surface area contributed by atoms with E-state index in [0.717, 1.165) is 30.8 Å². The summed E-state index contributed by atoms with van der Waals surface area (Å²) in [7, 11) is 0. The predicted molar refractivity (Wildman–Crippen MR) is 87.5 cm³/mol. The fourth-order valence-corrected chi connectivity index (χ4v) is 3.61. The van der Waals surface area contributed by atoms with E-state index < -0.39 is 5.41 Å². The minimum absolute atomic E-state index is 0. The van der Waals surface area contributed by atoms with Crippen molar-refractivity contribution in [1.29, 1.82) is 0 Å². The largest absolute Gasteiger partial charge is 0.342 e. The van der Waals surface area contributed by atoms with Gasteiger partial charge in [-0.2, -0.15) is 0 Å². The summed E-state index contributed by atoms with van der Waals surface area (Å²) in [6, 6.07) is 4.30. The molecule has 1 aromatic rings. The van der Waals surface area contributed by atoms with Crippen molar-refractivity contribution >= 4 is 29.7 Å². The smallest absolute Gasteiger partial charge is 0.233 e. The maximum Gasteiger partial charge on any atom is 0.233 e. The van der Waals surface area contributed by atoms with Gasteiger partial charge in [-0.25, -0.2) is 0 Å². The molecule has 1 saturated heterocycles. The number of carbonyl (C=O) groups excluding carboxylic acids is 1. The van der Waals surface area contributed by atoms with Gasteiger partial charge in [-0.15, -0.1) is 23.7 Å². The number of hydrogen-bond acceptors (Lipinski definition) is 3. The Morgan fingerprint density at radius 1 is 1.45 bits per heavy atom. The molecule has 1 aliphatic heterocycles. The van der Waals surface area contributed by atoms with Gasteiger partial charge in [-0.1, -0.05) is 6.07 Å². The van der Waals surface area contributed by atoms with E-state index in [-0.39, 0.29) is 24.4 Å². The Bertz CT molecular complexity index is 423. The van der Waals surface area contributed by atoms with E-state index in [1.54, 1.807) is 11.3 Å². The highest BCUT2D eigenvalue weighted by Crippen LogP contribution is 2.31. The van der Waals surface area contributed by atoms with Crippen LogP contribution < -0.4 is 5.73 Å². The summed E-state index contributed by atoms with van der Waals surface area (Å²) in [6.45, 7) is 7.81. The van der Waals surface area contributed by atoms with Gasteiger partial charge in [0.1, 0.15) is 0 Å². The Labute approximate surface area is 131 Å². The first-order valence-corrected chi connectivity index (χ1v) is 7.90. The molecular formula is C15H25ClN2OS. The average Bonchev–Trinajstić information content (AvgIpc) is 2.92. The molecule has 3 nitrogen and oxygen atoms in total. The molecule has 1 aromatic heterocycles. The maximum absolute atomic E-state index is 12.7. The monoisotopic (exact) mass is 316 g/mol. The van der Waals surface area contributed by atoms with Gasteiger partial charge in [-0.3, -0.25) is 4.79 Å². The Balaban J connectivity index is 0.00000200. The van der Waals surface area contributed by atoms with Gasteiger partial charge >= 0.3 is 0 Å². The first kappa shape index (κ1) is 17.5. The molecule has 114 valence electrons. The summed E-state index contributed by atoms with van der Waals surface area (Å²) in [5, 5.41) is 2.03. The summed E-state index contributed by atoms with van der Waals surface area (Å²) >= 11 is 1.66. The van der Waals surface area contributed by atoms with Crippen LogP contribution in [0.25, 0.3) is 0 Å². The summed E-state index contributed by atoms with van der Waals surface area (Å²) < 4.78 is 0. The van der Waals surface area contributed by atoms with Crippen LogP contribution in [-0.2, 0) is 10.2 Å². The van der Waals surface area contributed by atoms with E-state index in [1.165, 1.54) is 0 Å². The zero-order valence-corrected chi connectivity index (χ0v) is 14.1. The van der Waals surface area contributed by atoms with E-state index in [9.17, 15) is 4.79 Å². The van der Waals surface area contributed by atoms with Gasteiger partial charge in [0.25, 0.3) is 0 Å².